The summed E-state index contributed by atoms with van der Waals surface area (Å²) in [6.07, 6.45) is 6.96. The fourth-order valence-electron chi connectivity index (χ4n) is 4.96. The van der Waals surface area contributed by atoms with Crippen molar-refractivity contribution in [3.63, 3.8) is 0 Å². The molecule has 5 rings (SSSR count). The normalized spacial score (nSPS) is 25.3. The van der Waals surface area contributed by atoms with Gasteiger partial charge in [0, 0.05) is 44.6 Å². The van der Waals surface area contributed by atoms with Crippen molar-refractivity contribution in [2.75, 3.05) is 44.3 Å². The zero-order chi connectivity index (χ0) is 18.4. The Morgan fingerprint density at radius 2 is 2.07 bits per heavy atom. The first-order chi connectivity index (χ1) is 13.2. The molecule has 0 radical (unpaired) electrons. The number of anilines is 1. The summed E-state index contributed by atoms with van der Waals surface area (Å²) in [5, 5.41) is 4.40. The van der Waals surface area contributed by atoms with Gasteiger partial charge in [-0.25, -0.2) is 4.98 Å². The largest absolute Gasteiger partial charge is 0.381 e. The first-order valence-corrected chi connectivity index (χ1v) is 10.4. The van der Waals surface area contributed by atoms with Crippen LogP contribution in [0.5, 0.6) is 0 Å². The second kappa shape index (κ2) is 6.71. The van der Waals surface area contributed by atoms with Gasteiger partial charge < -0.3 is 9.64 Å². The second-order valence-electron chi connectivity index (χ2n) is 8.72. The summed E-state index contributed by atoms with van der Waals surface area (Å²) in [7, 11) is 0. The van der Waals surface area contributed by atoms with Crippen molar-refractivity contribution in [3.8, 4) is 0 Å². The van der Waals surface area contributed by atoms with Crippen LogP contribution in [0.2, 0.25) is 0 Å². The number of piperidine rings is 1. The molecule has 2 aromatic rings. The van der Waals surface area contributed by atoms with E-state index in [0.717, 1.165) is 43.7 Å². The third-order valence-corrected chi connectivity index (χ3v) is 6.54. The Morgan fingerprint density at radius 1 is 1.22 bits per heavy atom. The molecule has 2 saturated heterocycles. The monoisotopic (exact) mass is 370 g/mol. The topological polar surface area (TPSA) is 58.8 Å². The molecule has 4 heterocycles. The highest BCUT2D eigenvalue weighted by Gasteiger charge is 2.52. The number of aromatic nitrogens is 4. The van der Waals surface area contributed by atoms with E-state index in [1.54, 1.807) is 6.33 Å². The van der Waals surface area contributed by atoms with Crippen LogP contribution in [0.4, 0.5) is 5.82 Å². The SMILES string of the molecule is CCOCC1CCN(CC2CC2)C2(C1)CN(c1cc(C)nc3ncnn13)C2. The van der Waals surface area contributed by atoms with Gasteiger partial charge in [-0.05, 0) is 57.9 Å². The number of nitrogens with zero attached hydrogens (tertiary/aromatic N) is 6. The van der Waals surface area contributed by atoms with E-state index >= 15 is 0 Å². The number of hydrogen-bond acceptors (Lipinski definition) is 6. The highest BCUT2D eigenvalue weighted by Crippen LogP contribution is 2.43. The highest BCUT2D eigenvalue weighted by molar-refractivity contribution is 5.51. The standard InChI is InChI=1S/C20H30N6O/c1-3-27-11-17-6-7-25(10-16-4-5-16)20(9-17)12-24(13-20)18-8-15(2)23-19-21-14-22-26(18)19/h8,14,16-17H,3-7,9-13H2,1-2H3. The molecular weight excluding hydrogens is 340 g/mol. The molecule has 7 nitrogen and oxygen atoms in total. The molecule has 1 saturated carbocycles. The Labute approximate surface area is 160 Å². The molecule has 3 aliphatic rings. The van der Waals surface area contributed by atoms with Crippen LogP contribution in [0.25, 0.3) is 5.78 Å². The maximum atomic E-state index is 5.78. The average Bonchev–Trinajstić information content (AvgIpc) is 3.32. The number of ether oxygens (including phenoxy) is 1. The van der Waals surface area contributed by atoms with Gasteiger partial charge in [0.2, 0.25) is 0 Å². The van der Waals surface area contributed by atoms with Gasteiger partial charge in [0.25, 0.3) is 5.78 Å². The van der Waals surface area contributed by atoms with Gasteiger partial charge in [-0.1, -0.05) is 0 Å². The predicted molar refractivity (Wildman–Crippen MR) is 104 cm³/mol. The Kier molecular flexibility index (Phi) is 4.31. The molecule has 27 heavy (non-hydrogen) atoms. The van der Waals surface area contributed by atoms with Crippen LogP contribution < -0.4 is 4.90 Å². The van der Waals surface area contributed by atoms with E-state index in [2.05, 4.69) is 37.9 Å². The Bertz CT molecular complexity index is 810. The molecule has 146 valence electrons. The van der Waals surface area contributed by atoms with E-state index in [1.807, 2.05) is 11.4 Å². The number of likely N-dealkylation sites (tertiary alicyclic amines) is 1. The van der Waals surface area contributed by atoms with E-state index in [9.17, 15) is 0 Å². The molecule has 1 spiro atoms. The fraction of sp³-hybridized carbons (Fsp3) is 0.750. The molecule has 2 aromatic heterocycles. The summed E-state index contributed by atoms with van der Waals surface area (Å²) in [5.41, 5.74) is 1.30. The van der Waals surface area contributed by atoms with Gasteiger partial charge in [0.1, 0.15) is 12.1 Å². The predicted octanol–water partition coefficient (Wildman–Crippen LogP) is 2.15. The molecule has 1 atom stereocenters. The molecule has 0 amide bonds. The van der Waals surface area contributed by atoms with Crippen molar-refractivity contribution in [3.05, 3.63) is 18.1 Å². The van der Waals surface area contributed by atoms with Gasteiger partial charge in [0.05, 0.1) is 5.54 Å². The lowest BCUT2D eigenvalue weighted by molar-refractivity contribution is -0.0283. The van der Waals surface area contributed by atoms with E-state index in [1.165, 1.54) is 38.8 Å². The minimum atomic E-state index is 0.298. The zero-order valence-electron chi connectivity index (χ0n) is 16.5. The van der Waals surface area contributed by atoms with Crippen molar-refractivity contribution < 1.29 is 4.74 Å². The Balaban J connectivity index is 1.36. The lowest BCUT2D eigenvalue weighted by Crippen LogP contribution is -2.73. The van der Waals surface area contributed by atoms with Crippen molar-refractivity contribution in [2.45, 2.75) is 45.1 Å². The number of aryl methyl sites for hydroxylation is 1. The third kappa shape index (κ3) is 3.21. The van der Waals surface area contributed by atoms with Gasteiger partial charge in [-0.2, -0.15) is 14.6 Å². The summed E-state index contributed by atoms with van der Waals surface area (Å²) in [6, 6.07) is 2.14. The van der Waals surface area contributed by atoms with Crippen LogP contribution in [0.15, 0.2) is 12.4 Å². The van der Waals surface area contributed by atoms with Gasteiger partial charge >= 0.3 is 0 Å². The van der Waals surface area contributed by atoms with Crippen molar-refractivity contribution in [2.24, 2.45) is 11.8 Å². The average molecular weight is 371 g/mol. The van der Waals surface area contributed by atoms with Gasteiger partial charge in [-0.3, -0.25) is 4.90 Å². The maximum Gasteiger partial charge on any atom is 0.254 e. The lowest BCUT2D eigenvalue weighted by atomic mass is 9.75. The zero-order valence-corrected chi connectivity index (χ0v) is 16.5. The minimum Gasteiger partial charge on any atom is -0.381 e. The minimum absolute atomic E-state index is 0.298. The van der Waals surface area contributed by atoms with E-state index < -0.39 is 0 Å². The van der Waals surface area contributed by atoms with E-state index in [4.69, 9.17) is 4.74 Å². The first kappa shape index (κ1) is 17.4. The van der Waals surface area contributed by atoms with Crippen LogP contribution in [-0.4, -0.2) is 69.4 Å². The molecular formula is C20H30N6O. The molecule has 1 unspecified atom stereocenters. The fourth-order valence-corrected chi connectivity index (χ4v) is 4.96. The number of hydrogen-bond donors (Lipinski definition) is 0. The van der Waals surface area contributed by atoms with Crippen LogP contribution in [0, 0.1) is 18.8 Å². The van der Waals surface area contributed by atoms with E-state index in [-0.39, 0.29) is 0 Å². The number of rotatable bonds is 6. The van der Waals surface area contributed by atoms with Crippen LogP contribution in [0.3, 0.4) is 0 Å². The van der Waals surface area contributed by atoms with Crippen molar-refractivity contribution >= 4 is 11.6 Å². The van der Waals surface area contributed by atoms with Crippen molar-refractivity contribution in [1.82, 2.24) is 24.5 Å². The molecule has 0 bridgehead atoms. The molecule has 3 fully saturated rings. The summed E-state index contributed by atoms with van der Waals surface area (Å²) >= 11 is 0. The Morgan fingerprint density at radius 3 is 2.85 bits per heavy atom. The van der Waals surface area contributed by atoms with Gasteiger partial charge in [0.15, 0.2) is 0 Å². The second-order valence-corrected chi connectivity index (χ2v) is 8.72. The van der Waals surface area contributed by atoms with E-state index in [0.29, 0.717) is 17.2 Å². The quantitative estimate of drug-likeness (QED) is 0.777. The first-order valence-electron chi connectivity index (χ1n) is 10.4. The van der Waals surface area contributed by atoms with Crippen LogP contribution in [0.1, 0.15) is 38.3 Å². The maximum absolute atomic E-state index is 5.78. The van der Waals surface area contributed by atoms with Gasteiger partial charge in [-0.15, -0.1) is 0 Å². The molecule has 1 aliphatic carbocycles. The summed E-state index contributed by atoms with van der Waals surface area (Å²) < 4.78 is 7.66. The summed E-state index contributed by atoms with van der Waals surface area (Å²) in [6.45, 7) is 10.5. The Hall–Kier alpha value is -1.73. The number of fused-ring (bicyclic) bond motifs is 1. The highest BCUT2D eigenvalue weighted by atomic mass is 16.5. The molecule has 0 N–H and O–H groups in total. The summed E-state index contributed by atoms with van der Waals surface area (Å²) in [5.74, 6) is 3.44. The van der Waals surface area contributed by atoms with Crippen LogP contribution >= 0.6 is 0 Å². The van der Waals surface area contributed by atoms with Crippen LogP contribution in [-0.2, 0) is 4.74 Å². The molecule has 7 heteroatoms. The lowest BCUT2D eigenvalue weighted by Gasteiger charge is -2.60. The molecule has 0 aromatic carbocycles. The summed E-state index contributed by atoms with van der Waals surface area (Å²) in [4.78, 5) is 14.0. The van der Waals surface area contributed by atoms with Crippen molar-refractivity contribution in [1.29, 1.82) is 0 Å². The molecule has 2 aliphatic heterocycles. The smallest absolute Gasteiger partial charge is 0.254 e. The third-order valence-electron chi connectivity index (χ3n) is 6.54.